The maximum atomic E-state index is 13.7. The molecule has 1 atom stereocenters. The lowest BCUT2D eigenvalue weighted by Gasteiger charge is -2.25. The Morgan fingerprint density at radius 3 is 2.84 bits per heavy atom. The van der Waals surface area contributed by atoms with Crippen LogP contribution in [0.25, 0.3) is 0 Å². The van der Waals surface area contributed by atoms with E-state index in [1.54, 1.807) is 0 Å². The average molecular weight is 266 g/mol. The van der Waals surface area contributed by atoms with Gasteiger partial charge in [0.25, 0.3) is 0 Å². The molecule has 2 aliphatic rings. The van der Waals surface area contributed by atoms with Crippen LogP contribution in [0, 0.1) is 11.6 Å². The van der Waals surface area contributed by atoms with Crippen molar-refractivity contribution in [1.29, 1.82) is 0 Å². The molecule has 1 N–H and O–H groups in total. The number of hydrogen-bond acceptors (Lipinski definition) is 2. The SMILES string of the molecule is Fc1ccc(F)c(CN2CCCC2CNC2CC2)c1. The molecule has 1 heterocycles. The van der Waals surface area contributed by atoms with Gasteiger partial charge in [-0.1, -0.05) is 0 Å². The van der Waals surface area contributed by atoms with E-state index in [2.05, 4.69) is 10.2 Å². The van der Waals surface area contributed by atoms with Crippen LogP contribution < -0.4 is 5.32 Å². The molecule has 0 amide bonds. The summed E-state index contributed by atoms with van der Waals surface area (Å²) in [5.74, 6) is -0.662. The van der Waals surface area contributed by atoms with E-state index >= 15 is 0 Å². The molecule has 1 aromatic rings. The first-order chi connectivity index (χ1) is 9.22. The highest BCUT2D eigenvalue weighted by atomic mass is 19.1. The van der Waals surface area contributed by atoms with Crippen molar-refractivity contribution in [2.45, 2.75) is 44.3 Å². The molecule has 0 radical (unpaired) electrons. The van der Waals surface area contributed by atoms with Gasteiger partial charge in [0.2, 0.25) is 0 Å². The third-order valence-electron chi connectivity index (χ3n) is 4.10. The lowest BCUT2D eigenvalue weighted by Crippen LogP contribution is -2.38. The first kappa shape index (κ1) is 13.0. The van der Waals surface area contributed by atoms with Crippen LogP contribution in [0.1, 0.15) is 31.2 Å². The fraction of sp³-hybridized carbons (Fsp3) is 0.600. The summed E-state index contributed by atoms with van der Waals surface area (Å²) in [7, 11) is 0. The maximum absolute atomic E-state index is 13.7. The first-order valence-corrected chi connectivity index (χ1v) is 7.14. The zero-order valence-corrected chi connectivity index (χ0v) is 11.0. The number of halogens is 2. The van der Waals surface area contributed by atoms with Crippen molar-refractivity contribution in [2.24, 2.45) is 0 Å². The number of hydrogen-bond donors (Lipinski definition) is 1. The highest BCUT2D eigenvalue weighted by molar-refractivity contribution is 5.19. The van der Waals surface area contributed by atoms with Crippen molar-refractivity contribution < 1.29 is 8.78 Å². The molecular weight excluding hydrogens is 246 g/mol. The molecule has 1 saturated heterocycles. The molecule has 0 spiro atoms. The first-order valence-electron chi connectivity index (χ1n) is 7.14. The van der Waals surface area contributed by atoms with Gasteiger partial charge in [-0.25, -0.2) is 8.78 Å². The Balaban J connectivity index is 1.61. The van der Waals surface area contributed by atoms with Crippen LogP contribution in [0.2, 0.25) is 0 Å². The monoisotopic (exact) mass is 266 g/mol. The molecule has 1 unspecified atom stereocenters. The molecule has 4 heteroatoms. The van der Waals surface area contributed by atoms with Gasteiger partial charge in [0.1, 0.15) is 11.6 Å². The van der Waals surface area contributed by atoms with E-state index in [9.17, 15) is 8.78 Å². The smallest absolute Gasteiger partial charge is 0.127 e. The fourth-order valence-electron chi connectivity index (χ4n) is 2.81. The second-order valence-corrected chi connectivity index (χ2v) is 5.68. The van der Waals surface area contributed by atoms with Crippen LogP contribution >= 0.6 is 0 Å². The van der Waals surface area contributed by atoms with E-state index in [0.717, 1.165) is 25.9 Å². The Bertz CT molecular complexity index is 446. The zero-order chi connectivity index (χ0) is 13.2. The molecule has 2 nitrogen and oxygen atoms in total. The summed E-state index contributed by atoms with van der Waals surface area (Å²) in [4.78, 5) is 2.27. The van der Waals surface area contributed by atoms with Crippen molar-refractivity contribution >= 4 is 0 Å². The minimum Gasteiger partial charge on any atom is -0.312 e. The topological polar surface area (TPSA) is 15.3 Å². The summed E-state index contributed by atoms with van der Waals surface area (Å²) in [6.07, 6.45) is 4.86. The Morgan fingerprint density at radius 1 is 1.21 bits per heavy atom. The van der Waals surface area contributed by atoms with Gasteiger partial charge in [-0.15, -0.1) is 0 Å². The van der Waals surface area contributed by atoms with Crippen LogP contribution in [0.15, 0.2) is 18.2 Å². The van der Waals surface area contributed by atoms with Gasteiger partial charge in [0.05, 0.1) is 0 Å². The second-order valence-electron chi connectivity index (χ2n) is 5.68. The second kappa shape index (κ2) is 5.55. The van der Waals surface area contributed by atoms with Crippen molar-refractivity contribution in [3.8, 4) is 0 Å². The van der Waals surface area contributed by atoms with Crippen LogP contribution in [0.5, 0.6) is 0 Å². The van der Waals surface area contributed by atoms with E-state index in [-0.39, 0.29) is 11.6 Å². The minimum absolute atomic E-state index is 0.304. The minimum atomic E-state index is -0.358. The van der Waals surface area contributed by atoms with E-state index in [0.29, 0.717) is 24.2 Å². The van der Waals surface area contributed by atoms with Crippen molar-refractivity contribution in [3.05, 3.63) is 35.4 Å². The summed E-state index contributed by atoms with van der Waals surface area (Å²) in [6, 6.07) is 4.88. The van der Waals surface area contributed by atoms with E-state index in [4.69, 9.17) is 0 Å². The standard InChI is InChI=1S/C15H20F2N2/c16-12-3-6-15(17)11(8-12)10-19-7-1-2-14(19)9-18-13-4-5-13/h3,6,8,13-14,18H,1-2,4-5,7,9-10H2. The molecule has 1 aliphatic heterocycles. The molecule has 3 rings (SSSR count). The van der Waals surface area contributed by atoms with E-state index < -0.39 is 0 Å². The maximum Gasteiger partial charge on any atom is 0.127 e. The van der Waals surface area contributed by atoms with Crippen LogP contribution in [-0.4, -0.2) is 30.1 Å². The Morgan fingerprint density at radius 2 is 2.05 bits per heavy atom. The number of likely N-dealkylation sites (tertiary alicyclic amines) is 1. The van der Waals surface area contributed by atoms with Crippen LogP contribution in [0.4, 0.5) is 8.78 Å². The molecule has 19 heavy (non-hydrogen) atoms. The van der Waals surface area contributed by atoms with Crippen molar-refractivity contribution in [2.75, 3.05) is 13.1 Å². The highest BCUT2D eigenvalue weighted by Crippen LogP contribution is 2.23. The van der Waals surface area contributed by atoms with Crippen molar-refractivity contribution in [1.82, 2.24) is 10.2 Å². The average Bonchev–Trinajstić information content (AvgIpc) is 3.12. The van der Waals surface area contributed by atoms with E-state index in [1.807, 2.05) is 0 Å². The van der Waals surface area contributed by atoms with Crippen molar-refractivity contribution in [3.63, 3.8) is 0 Å². The predicted molar refractivity (Wildman–Crippen MR) is 70.8 cm³/mol. The van der Waals surface area contributed by atoms with Gasteiger partial charge in [-0.2, -0.15) is 0 Å². The summed E-state index contributed by atoms with van der Waals surface area (Å²) in [5, 5.41) is 3.53. The molecule has 1 aliphatic carbocycles. The fourth-order valence-corrected chi connectivity index (χ4v) is 2.81. The number of nitrogens with zero attached hydrogens (tertiary/aromatic N) is 1. The summed E-state index contributed by atoms with van der Waals surface area (Å²) >= 11 is 0. The number of benzene rings is 1. The molecule has 1 aromatic carbocycles. The molecule has 2 fully saturated rings. The third kappa shape index (κ3) is 3.31. The van der Waals surface area contributed by atoms with Gasteiger partial charge >= 0.3 is 0 Å². The number of nitrogens with one attached hydrogen (secondary N) is 1. The molecule has 0 aromatic heterocycles. The largest absolute Gasteiger partial charge is 0.312 e. The predicted octanol–water partition coefficient (Wildman–Crippen LogP) is 2.68. The van der Waals surface area contributed by atoms with Gasteiger partial charge in [-0.3, -0.25) is 4.90 Å². The van der Waals surface area contributed by atoms with Crippen LogP contribution in [0.3, 0.4) is 0 Å². The molecule has 0 bridgehead atoms. The normalized spacial score (nSPS) is 24.0. The van der Waals surface area contributed by atoms with Gasteiger partial charge in [0.15, 0.2) is 0 Å². The summed E-state index contributed by atoms with van der Waals surface area (Å²) in [5.41, 5.74) is 0.471. The van der Waals surface area contributed by atoms with E-state index in [1.165, 1.54) is 31.0 Å². The van der Waals surface area contributed by atoms with Gasteiger partial charge in [0, 0.05) is 30.7 Å². The lowest BCUT2D eigenvalue weighted by atomic mass is 10.1. The Kier molecular flexibility index (Phi) is 3.80. The van der Waals surface area contributed by atoms with Crippen LogP contribution in [-0.2, 0) is 6.54 Å². The Labute approximate surface area is 112 Å². The number of rotatable bonds is 5. The highest BCUT2D eigenvalue weighted by Gasteiger charge is 2.28. The van der Waals surface area contributed by atoms with Gasteiger partial charge in [-0.05, 0) is 50.4 Å². The quantitative estimate of drug-likeness (QED) is 0.881. The Hall–Kier alpha value is -1.00. The molecule has 104 valence electrons. The summed E-state index contributed by atoms with van der Waals surface area (Å²) < 4.78 is 26.8. The molecule has 1 saturated carbocycles. The summed E-state index contributed by atoms with van der Waals surface area (Å²) in [6.45, 7) is 2.47. The zero-order valence-electron chi connectivity index (χ0n) is 11.0. The molecular formula is C15H20F2N2. The van der Waals surface area contributed by atoms with Gasteiger partial charge < -0.3 is 5.32 Å². The lowest BCUT2D eigenvalue weighted by molar-refractivity contribution is 0.235. The third-order valence-corrected chi connectivity index (χ3v) is 4.10.